The molecule has 0 radical (unpaired) electrons. The molecule has 0 atom stereocenters. The van der Waals surface area contributed by atoms with Crippen molar-refractivity contribution in [3.63, 3.8) is 0 Å². The summed E-state index contributed by atoms with van der Waals surface area (Å²) in [5, 5.41) is 1.69. The fourth-order valence-electron chi connectivity index (χ4n) is 2.56. The van der Waals surface area contributed by atoms with Crippen molar-refractivity contribution in [2.45, 2.75) is 23.6 Å². The highest BCUT2D eigenvalue weighted by Gasteiger charge is 2.30. The number of rotatable bonds is 5. The quantitative estimate of drug-likeness (QED) is 0.775. The lowest BCUT2D eigenvalue weighted by atomic mass is 9.98. The van der Waals surface area contributed by atoms with E-state index < -0.39 is 10.0 Å². The molecule has 0 N–H and O–H groups in total. The Balaban J connectivity index is 2.02. The maximum atomic E-state index is 12.5. The molecule has 0 spiro atoms. The maximum absolute atomic E-state index is 12.5. The number of halogens is 1. The van der Waals surface area contributed by atoms with Gasteiger partial charge in [0.15, 0.2) is 0 Å². The van der Waals surface area contributed by atoms with Gasteiger partial charge in [0.1, 0.15) is 0 Å². The molecule has 1 aromatic rings. The Morgan fingerprint density at radius 3 is 2.55 bits per heavy atom. The second-order valence-corrected chi connectivity index (χ2v) is 8.69. The molecule has 0 aromatic carbocycles. The minimum Gasteiger partial charge on any atom is -0.309 e. The maximum Gasteiger partial charge on any atom is 0.243 e. The molecular formula is C13H21ClN2O2S2. The Morgan fingerprint density at radius 2 is 2.05 bits per heavy atom. The van der Waals surface area contributed by atoms with Crippen molar-refractivity contribution >= 4 is 33.0 Å². The molecule has 0 amide bonds. The van der Waals surface area contributed by atoms with Crippen molar-refractivity contribution < 1.29 is 8.42 Å². The van der Waals surface area contributed by atoms with E-state index in [2.05, 4.69) is 19.0 Å². The van der Waals surface area contributed by atoms with E-state index >= 15 is 0 Å². The molecule has 1 aliphatic rings. The molecule has 4 nitrogen and oxygen atoms in total. The fourth-order valence-corrected chi connectivity index (χ4v) is 5.41. The van der Waals surface area contributed by atoms with Gasteiger partial charge in [0.2, 0.25) is 10.0 Å². The van der Waals surface area contributed by atoms with Crippen LogP contribution in [0.1, 0.15) is 17.7 Å². The fraction of sp³-hybridized carbons (Fsp3) is 0.692. The second-order valence-electron chi connectivity index (χ2n) is 5.49. The molecule has 1 saturated heterocycles. The summed E-state index contributed by atoms with van der Waals surface area (Å²) in [6, 6.07) is 1.69. The Hall–Kier alpha value is -0.140. The van der Waals surface area contributed by atoms with Gasteiger partial charge >= 0.3 is 0 Å². The predicted molar refractivity (Wildman–Crippen MR) is 83.9 cm³/mol. The summed E-state index contributed by atoms with van der Waals surface area (Å²) in [6.07, 6.45) is 1.87. The topological polar surface area (TPSA) is 40.6 Å². The standard InChI is InChI=1S/C13H21ClN2O2S2/c1-15(2)9-11-3-5-16(6-4-11)20(17,18)13-7-12(8-14)19-10-13/h7,10-11H,3-6,8-9H2,1-2H3. The molecular weight excluding hydrogens is 316 g/mol. The molecule has 0 saturated carbocycles. The van der Waals surface area contributed by atoms with E-state index in [1.807, 2.05) is 0 Å². The van der Waals surface area contributed by atoms with Crippen LogP contribution in [0.5, 0.6) is 0 Å². The van der Waals surface area contributed by atoms with Crippen molar-refractivity contribution in [1.82, 2.24) is 9.21 Å². The second kappa shape index (κ2) is 6.75. The van der Waals surface area contributed by atoms with Crippen molar-refractivity contribution in [3.05, 3.63) is 16.3 Å². The van der Waals surface area contributed by atoms with Gasteiger partial charge in [-0.1, -0.05) is 0 Å². The van der Waals surface area contributed by atoms with Gasteiger partial charge in [-0.15, -0.1) is 22.9 Å². The van der Waals surface area contributed by atoms with Crippen molar-refractivity contribution in [3.8, 4) is 0 Å². The van der Waals surface area contributed by atoms with E-state index in [0.717, 1.165) is 24.3 Å². The van der Waals surface area contributed by atoms with Gasteiger partial charge in [0.05, 0.1) is 10.8 Å². The van der Waals surface area contributed by atoms with Crippen molar-refractivity contribution in [2.24, 2.45) is 5.92 Å². The summed E-state index contributed by atoms with van der Waals surface area (Å²) in [5.74, 6) is 0.961. The zero-order valence-electron chi connectivity index (χ0n) is 11.9. The first kappa shape index (κ1) is 16.2. The number of hydrogen-bond acceptors (Lipinski definition) is 4. The molecule has 2 rings (SSSR count). The van der Waals surface area contributed by atoms with E-state index in [-0.39, 0.29) is 0 Å². The Labute approximate surface area is 130 Å². The van der Waals surface area contributed by atoms with Crippen LogP contribution < -0.4 is 0 Å². The smallest absolute Gasteiger partial charge is 0.243 e. The minimum atomic E-state index is -3.33. The molecule has 2 heterocycles. The molecule has 0 aliphatic carbocycles. The number of piperidine rings is 1. The van der Waals surface area contributed by atoms with Gasteiger partial charge in [0, 0.05) is 29.9 Å². The van der Waals surface area contributed by atoms with Crippen molar-refractivity contribution in [1.29, 1.82) is 0 Å². The van der Waals surface area contributed by atoms with Crippen LogP contribution in [-0.2, 0) is 15.9 Å². The third-order valence-electron chi connectivity index (χ3n) is 3.60. The van der Waals surface area contributed by atoms with Crippen LogP contribution >= 0.6 is 22.9 Å². The molecule has 0 bridgehead atoms. The van der Waals surface area contributed by atoms with Crippen LogP contribution in [0.25, 0.3) is 0 Å². The zero-order chi connectivity index (χ0) is 14.8. The number of alkyl halides is 1. The van der Waals surface area contributed by atoms with Crippen LogP contribution in [0.4, 0.5) is 0 Å². The van der Waals surface area contributed by atoms with Gasteiger partial charge in [-0.3, -0.25) is 0 Å². The largest absolute Gasteiger partial charge is 0.309 e. The molecule has 1 aromatic heterocycles. The third kappa shape index (κ3) is 3.74. The Kier molecular flexibility index (Phi) is 5.48. The summed E-state index contributed by atoms with van der Waals surface area (Å²) in [4.78, 5) is 3.46. The van der Waals surface area contributed by atoms with E-state index in [4.69, 9.17) is 11.6 Å². The first-order valence-corrected chi connectivity index (χ1v) is 9.57. The van der Waals surface area contributed by atoms with E-state index in [0.29, 0.717) is 29.8 Å². The van der Waals surface area contributed by atoms with Crippen LogP contribution in [0.3, 0.4) is 0 Å². The highest BCUT2D eigenvalue weighted by atomic mass is 35.5. The first-order chi connectivity index (χ1) is 9.43. The highest BCUT2D eigenvalue weighted by Crippen LogP contribution is 2.27. The van der Waals surface area contributed by atoms with Crippen molar-refractivity contribution in [2.75, 3.05) is 33.7 Å². The molecule has 1 fully saturated rings. The summed E-state index contributed by atoms with van der Waals surface area (Å²) < 4.78 is 26.7. The van der Waals surface area contributed by atoms with Crippen LogP contribution in [0.15, 0.2) is 16.3 Å². The molecule has 0 unspecified atom stereocenters. The zero-order valence-corrected chi connectivity index (χ0v) is 14.3. The van der Waals surface area contributed by atoms with E-state index in [1.54, 1.807) is 15.8 Å². The minimum absolute atomic E-state index is 0.366. The number of thiophene rings is 1. The third-order valence-corrected chi connectivity index (χ3v) is 7.00. The van der Waals surface area contributed by atoms with Crippen LogP contribution in [0.2, 0.25) is 0 Å². The Bertz CT molecular complexity index is 534. The molecule has 114 valence electrons. The van der Waals surface area contributed by atoms with Crippen LogP contribution in [-0.4, -0.2) is 51.4 Å². The van der Waals surface area contributed by atoms with Gasteiger partial charge < -0.3 is 4.90 Å². The summed E-state index contributed by atoms with van der Waals surface area (Å²) in [6.45, 7) is 2.27. The lowest BCUT2D eigenvalue weighted by Crippen LogP contribution is -2.40. The Morgan fingerprint density at radius 1 is 1.40 bits per heavy atom. The number of nitrogens with zero attached hydrogens (tertiary/aromatic N) is 2. The predicted octanol–water partition coefficient (Wildman–Crippen LogP) is 2.45. The van der Waals surface area contributed by atoms with Crippen LogP contribution in [0, 0.1) is 5.92 Å². The number of hydrogen-bond donors (Lipinski definition) is 0. The number of sulfonamides is 1. The average molecular weight is 337 g/mol. The van der Waals surface area contributed by atoms with E-state index in [9.17, 15) is 8.42 Å². The lowest BCUT2D eigenvalue weighted by Gasteiger charge is -2.32. The monoisotopic (exact) mass is 336 g/mol. The highest BCUT2D eigenvalue weighted by molar-refractivity contribution is 7.89. The molecule has 1 aliphatic heterocycles. The summed E-state index contributed by atoms with van der Waals surface area (Å²) in [7, 11) is 0.784. The van der Waals surface area contributed by atoms with E-state index in [1.165, 1.54) is 11.3 Å². The molecule has 7 heteroatoms. The van der Waals surface area contributed by atoms with Gasteiger partial charge in [-0.2, -0.15) is 4.31 Å². The van der Waals surface area contributed by atoms with Gasteiger partial charge in [-0.05, 0) is 38.9 Å². The first-order valence-electron chi connectivity index (χ1n) is 6.71. The lowest BCUT2D eigenvalue weighted by molar-refractivity contribution is 0.225. The normalized spacial score (nSPS) is 18.8. The average Bonchev–Trinajstić information content (AvgIpc) is 2.88. The SMILES string of the molecule is CN(C)CC1CCN(S(=O)(=O)c2csc(CCl)c2)CC1. The molecule has 20 heavy (non-hydrogen) atoms. The van der Waals surface area contributed by atoms with Gasteiger partial charge in [-0.25, -0.2) is 8.42 Å². The summed E-state index contributed by atoms with van der Waals surface area (Å²) in [5.41, 5.74) is 0. The summed E-state index contributed by atoms with van der Waals surface area (Å²) >= 11 is 7.15. The van der Waals surface area contributed by atoms with Gasteiger partial charge in [0.25, 0.3) is 0 Å².